The average Bonchev–Trinajstić information content (AvgIpc) is 2.82. The largest absolute Gasteiger partial charge is 0.593 e. The summed E-state index contributed by atoms with van der Waals surface area (Å²) in [4.78, 5) is 0. The molecule has 0 amide bonds. The second-order valence-electron chi connectivity index (χ2n) is 4.81. The highest BCUT2D eigenvalue weighted by Crippen LogP contribution is 2.38. The van der Waals surface area contributed by atoms with E-state index < -0.39 is 0 Å². The van der Waals surface area contributed by atoms with Crippen LogP contribution in [0, 0.1) is 6.92 Å². The molecule has 0 radical (unpaired) electrons. The van der Waals surface area contributed by atoms with E-state index in [2.05, 4.69) is 26.1 Å². The van der Waals surface area contributed by atoms with Gasteiger partial charge in [0.2, 0.25) is 0 Å². The lowest BCUT2D eigenvalue weighted by Gasteiger charge is -2.06. The molecule has 1 heterocycles. The van der Waals surface area contributed by atoms with Crippen molar-refractivity contribution < 1.29 is 10.2 Å². The van der Waals surface area contributed by atoms with Crippen molar-refractivity contribution in [3.05, 3.63) is 52.6 Å². The molecule has 0 atom stereocenters. The lowest BCUT2D eigenvalue weighted by atomic mass is 9.99. The molecule has 0 spiro atoms. The van der Waals surface area contributed by atoms with Crippen LogP contribution in [0.2, 0.25) is 0 Å². The van der Waals surface area contributed by atoms with E-state index in [1.807, 2.05) is 31.2 Å². The predicted molar refractivity (Wildman–Crippen MR) is 86.6 cm³/mol. The number of aromatic hydroxyl groups is 1. The monoisotopic (exact) mass is 345 g/mol. The summed E-state index contributed by atoms with van der Waals surface area (Å²) in [7, 11) is 0. The number of hydrogen-bond acceptors (Lipinski definition) is 2. The molecule has 4 N–H and O–H groups in total. The Bertz CT molecular complexity index is 795. The molecule has 0 saturated carbocycles. The zero-order valence-electron chi connectivity index (χ0n) is 11.3. The summed E-state index contributed by atoms with van der Waals surface area (Å²) in [6, 6.07) is 12.7. The summed E-state index contributed by atoms with van der Waals surface area (Å²) in [5, 5.41) is 24.9. The summed E-state index contributed by atoms with van der Waals surface area (Å²) >= 11 is 3.43. The highest BCUT2D eigenvalue weighted by Gasteiger charge is 2.17. The van der Waals surface area contributed by atoms with Crippen molar-refractivity contribution in [3.63, 3.8) is 0 Å². The maximum Gasteiger partial charge on any atom is 0.257 e. The molecule has 0 aliphatic carbocycles. The number of aryl methyl sites for hydroxylation is 1. The van der Waals surface area contributed by atoms with Gasteiger partial charge in [0.1, 0.15) is 11.4 Å². The van der Waals surface area contributed by atoms with Crippen molar-refractivity contribution in [1.29, 1.82) is 0 Å². The number of aromatic nitrogens is 2. The maximum absolute atomic E-state index is 10.1. The number of phenolic OH excluding ortho intramolecular Hbond substituents is 1. The molecule has 106 valence electrons. The molecular weight excluding hydrogens is 332 g/mol. The fourth-order valence-corrected chi connectivity index (χ4v) is 2.59. The minimum absolute atomic E-state index is 0.0624. The van der Waals surface area contributed by atoms with Gasteiger partial charge in [-0.15, -0.1) is 0 Å². The third-order valence-electron chi connectivity index (χ3n) is 3.33. The number of H-pyrrole nitrogens is 1. The first-order valence-electron chi connectivity index (χ1n) is 6.42. The van der Waals surface area contributed by atoms with Crippen LogP contribution in [0.4, 0.5) is 0 Å². The Morgan fingerprint density at radius 2 is 1.86 bits per heavy atom. The molecule has 4 nitrogen and oxygen atoms in total. The van der Waals surface area contributed by atoms with E-state index in [-0.39, 0.29) is 11.5 Å². The van der Waals surface area contributed by atoms with Gasteiger partial charge in [-0.2, -0.15) is 5.10 Å². The highest BCUT2D eigenvalue weighted by atomic mass is 79.9. The second-order valence-corrected chi connectivity index (χ2v) is 5.73. The van der Waals surface area contributed by atoms with Gasteiger partial charge < -0.3 is 10.2 Å². The molecule has 21 heavy (non-hydrogen) atoms. The predicted octanol–water partition coefficient (Wildman–Crippen LogP) is 3.96. The SMILES string of the molecule is Cc1[nH]nc(-c2ccc([OH2+])cc2O)c1-c1ccc(Br)cc1. The van der Waals surface area contributed by atoms with Crippen LogP contribution < -0.4 is 0 Å². The normalized spacial score (nSPS) is 10.8. The van der Waals surface area contributed by atoms with E-state index in [0.29, 0.717) is 11.3 Å². The molecule has 0 saturated heterocycles. The minimum Gasteiger partial charge on any atom is -0.593 e. The van der Waals surface area contributed by atoms with Gasteiger partial charge in [-0.05, 0) is 30.7 Å². The van der Waals surface area contributed by atoms with Crippen LogP contribution in [0.25, 0.3) is 22.4 Å². The molecule has 0 fully saturated rings. The number of aromatic amines is 1. The van der Waals surface area contributed by atoms with Gasteiger partial charge in [-0.1, -0.05) is 28.1 Å². The summed E-state index contributed by atoms with van der Waals surface area (Å²) in [5.74, 6) is 0.334. The fraction of sp³-hybridized carbons (Fsp3) is 0.0625. The number of phenols is 1. The van der Waals surface area contributed by atoms with Gasteiger partial charge in [-0.3, -0.25) is 5.10 Å². The summed E-state index contributed by atoms with van der Waals surface area (Å²) < 4.78 is 1.01. The number of nitrogens with zero attached hydrogens (tertiary/aromatic N) is 1. The van der Waals surface area contributed by atoms with E-state index in [0.717, 1.165) is 21.3 Å². The Morgan fingerprint density at radius 3 is 2.52 bits per heavy atom. The quantitative estimate of drug-likeness (QED) is 0.690. The average molecular weight is 346 g/mol. The molecule has 3 aromatic rings. The van der Waals surface area contributed by atoms with Gasteiger partial charge in [-0.25, -0.2) is 0 Å². The molecule has 0 aliphatic rings. The standard InChI is InChI=1S/C16H13BrN2O2/c1-9-15(10-2-4-11(17)5-3-10)16(19-18-9)13-7-6-12(20)8-14(13)21/h2-8,20-21H,1H3,(H,18,19)/p+1. The van der Waals surface area contributed by atoms with Crippen LogP contribution in [-0.4, -0.2) is 20.4 Å². The third-order valence-corrected chi connectivity index (χ3v) is 3.86. The molecule has 3 rings (SSSR count). The highest BCUT2D eigenvalue weighted by molar-refractivity contribution is 9.10. The smallest absolute Gasteiger partial charge is 0.257 e. The van der Waals surface area contributed by atoms with Gasteiger partial charge in [0.25, 0.3) is 5.75 Å². The zero-order valence-corrected chi connectivity index (χ0v) is 12.9. The van der Waals surface area contributed by atoms with Crippen LogP contribution >= 0.6 is 15.9 Å². The van der Waals surface area contributed by atoms with Crippen molar-refractivity contribution >= 4 is 15.9 Å². The Balaban J connectivity index is 2.19. The number of benzene rings is 2. The van der Waals surface area contributed by atoms with Gasteiger partial charge in [0.05, 0.1) is 6.07 Å². The van der Waals surface area contributed by atoms with Crippen molar-refractivity contribution in [2.24, 2.45) is 0 Å². The number of hydrogen-bond donors (Lipinski definition) is 2. The van der Waals surface area contributed by atoms with Crippen molar-refractivity contribution in [1.82, 2.24) is 10.2 Å². The second kappa shape index (κ2) is 5.26. The van der Waals surface area contributed by atoms with Gasteiger partial charge in [0, 0.05) is 27.4 Å². The zero-order chi connectivity index (χ0) is 15.0. The number of rotatable bonds is 2. The Kier molecular flexibility index (Phi) is 3.43. The molecule has 5 heteroatoms. The van der Waals surface area contributed by atoms with Crippen LogP contribution in [0.3, 0.4) is 0 Å². The molecule has 0 bridgehead atoms. The molecule has 2 aromatic carbocycles. The third kappa shape index (κ3) is 2.52. The molecule has 1 aromatic heterocycles. The first-order chi connectivity index (χ1) is 10.1. The Hall–Kier alpha value is -2.27. The lowest BCUT2D eigenvalue weighted by molar-refractivity contribution is 0.452. The van der Waals surface area contributed by atoms with Crippen molar-refractivity contribution in [3.8, 4) is 33.9 Å². The van der Waals surface area contributed by atoms with Crippen molar-refractivity contribution in [2.45, 2.75) is 6.92 Å². The first kappa shape index (κ1) is 13.7. The first-order valence-corrected chi connectivity index (χ1v) is 7.21. The summed E-state index contributed by atoms with van der Waals surface area (Å²) in [6.07, 6.45) is 0. The van der Waals surface area contributed by atoms with E-state index in [9.17, 15) is 5.11 Å². The van der Waals surface area contributed by atoms with E-state index >= 15 is 0 Å². The molecular formula is C16H14BrN2O2+. The van der Waals surface area contributed by atoms with Crippen LogP contribution in [0.5, 0.6) is 11.5 Å². The van der Waals surface area contributed by atoms with Gasteiger partial charge in [0.15, 0.2) is 0 Å². The Morgan fingerprint density at radius 1 is 1.14 bits per heavy atom. The lowest BCUT2D eigenvalue weighted by Crippen LogP contribution is -1.85. The van der Waals surface area contributed by atoms with E-state index in [1.54, 1.807) is 12.1 Å². The van der Waals surface area contributed by atoms with Crippen LogP contribution in [0.15, 0.2) is 46.9 Å². The molecule has 0 aliphatic heterocycles. The number of halogens is 1. The van der Waals surface area contributed by atoms with Gasteiger partial charge >= 0.3 is 0 Å². The van der Waals surface area contributed by atoms with Crippen molar-refractivity contribution in [2.75, 3.05) is 0 Å². The van der Waals surface area contributed by atoms with E-state index in [1.165, 1.54) is 6.07 Å². The Labute approximate surface area is 130 Å². The summed E-state index contributed by atoms with van der Waals surface area (Å²) in [6.45, 7) is 1.95. The topological polar surface area (TPSA) is 71.8 Å². The van der Waals surface area contributed by atoms with E-state index in [4.69, 9.17) is 5.11 Å². The summed E-state index contributed by atoms with van der Waals surface area (Å²) in [5.41, 5.74) is 4.21. The van der Waals surface area contributed by atoms with Crippen LogP contribution in [-0.2, 0) is 0 Å². The fourth-order valence-electron chi connectivity index (χ4n) is 2.33. The molecule has 0 unspecified atom stereocenters. The van der Waals surface area contributed by atoms with Crippen LogP contribution in [0.1, 0.15) is 5.69 Å². The maximum atomic E-state index is 10.1. The minimum atomic E-state index is 0.0624. The number of nitrogens with one attached hydrogen (secondary N) is 1.